The second-order valence-electron chi connectivity index (χ2n) is 7.55. The predicted octanol–water partition coefficient (Wildman–Crippen LogP) is 2.88. The quantitative estimate of drug-likeness (QED) is 0.206. The summed E-state index contributed by atoms with van der Waals surface area (Å²) in [4.78, 5) is 24.2. The molecule has 1 saturated carbocycles. The zero-order chi connectivity index (χ0) is 21.9. The Labute approximate surface area is 179 Å². The van der Waals surface area contributed by atoms with Gasteiger partial charge in [0.15, 0.2) is 0 Å². The van der Waals surface area contributed by atoms with Crippen molar-refractivity contribution >= 4 is 12.2 Å². The summed E-state index contributed by atoms with van der Waals surface area (Å²) in [6.07, 6.45) is 11.7. The molecule has 2 rings (SSSR count). The number of nitrogens with one attached hydrogen (secondary N) is 3. The van der Waals surface area contributed by atoms with Gasteiger partial charge in [-0.25, -0.2) is 0 Å². The fourth-order valence-electron chi connectivity index (χ4n) is 3.72. The first-order valence-electron chi connectivity index (χ1n) is 10.5. The third kappa shape index (κ3) is 6.49. The van der Waals surface area contributed by atoms with E-state index in [2.05, 4.69) is 22.5 Å². The second-order valence-corrected chi connectivity index (χ2v) is 7.55. The number of nitrogens with two attached hydrogens (primary N) is 1. The molecule has 0 bridgehead atoms. The van der Waals surface area contributed by atoms with Crippen molar-refractivity contribution in [3.63, 3.8) is 0 Å². The average molecular weight is 411 g/mol. The van der Waals surface area contributed by atoms with Gasteiger partial charge in [0.1, 0.15) is 6.29 Å². The Hall–Kier alpha value is -2.54. The minimum absolute atomic E-state index is 0.0388. The molecule has 0 heterocycles. The van der Waals surface area contributed by atoms with Crippen molar-refractivity contribution in [2.24, 2.45) is 5.73 Å². The molecule has 1 aromatic rings. The van der Waals surface area contributed by atoms with Gasteiger partial charge in [-0.3, -0.25) is 9.59 Å². The van der Waals surface area contributed by atoms with Crippen molar-refractivity contribution in [1.82, 2.24) is 16.0 Å². The number of carbonyl (C=O) groups is 2. The Morgan fingerprint density at radius 1 is 1.30 bits per heavy atom. The van der Waals surface area contributed by atoms with Crippen LogP contribution in [0.15, 0.2) is 54.7 Å². The molecule has 6 nitrogen and oxygen atoms in total. The van der Waals surface area contributed by atoms with E-state index in [4.69, 9.17) is 5.73 Å². The summed E-state index contributed by atoms with van der Waals surface area (Å²) in [6.45, 7) is 6.21. The normalized spacial score (nSPS) is 20.7. The summed E-state index contributed by atoms with van der Waals surface area (Å²) in [6, 6.07) is 5.89. The van der Waals surface area contributed by atoms with Crippen LogP contribution in [0.3, 0.4) is 0 Å². The summed E-state index contributed by atoms with van der Waals surface area (Å²) >= 11 is 0. The van der Waals surface area contributed by atoms with Crippen LogP contribution in [-0.2, 0) is 11.3 Å². The first-order chi connectivity index (χ1) is 14.5. The highest BCUT2D eigenvalue weighted by atomic mass is 16.1. The highest BCUT2D eigenvalue weighted by Crippen LogP contribution is 2.21. The summed E-state index contributed by atoms with van der Waals surface area (Å²) in [5.41, 5.74) is 8.97. The predicted molar refractivity (Wildman–Crippen MR) is 122 cm³/mol. The molecular formula is C24H34N4O2. The van der Waals surface area contributed by atoms with Gasteiger partial charge in [-0.2, -0.15) is 0 Å². The van der Waals surface area contributed by atoms with Gasteiger partial charge in [-0.15, -0.1) is 0 Å². The number of allylic oxidation sites excluding steroid dienone is 3. The van der Waals surface area contributed by atoms with Gasteiger partial charge in [-0.1, -0.05) is 49.8 Å². The van der Waals surface area contributed by atoms with Crippen LogP contribution >= 0.6 is 0 Å². The number of aldehydes is 1. The van der Waals surface area contributed by atoms with Crippen LogP contribution < -0.4 is 21.7 Å². The molecule has 162 valence electrons. The van der Waals surface area contributed by atoms with Crippen LogP contribution in [0, 0.1) is 0 Å². The molecule has 0 aromatic heterocycles. The van der Waals surface area contributed by atoms with Crippen molar-refractivity contribution in [3.05, 3.63) is 71.3 Å². The van der Waals surface area contributed by atoms with Crippen molar-refractivity contribution in [2.45, 2.75) is 57.4 Å². The van der Waals surface area contributed by atoms with Crippen molar-refractivity contribution in [1.29, 1.82) is 0 Å². The van der Waals surface area contributed by atoms with Crippen molar-refractivity contribution in [3.8, 4) is 0 Å². The van der Waals surface area contributed by atoms with Crippen LogP contribution in [-0.4, -0.2) is 31.3 Å². The molecule has 1 aliphatic carbocycles. The Bertz CT molecular complexity index is 800. The van der Waals surface area contributed by atoms with E-state index in [1.807, 2.05) is 37.3 Å². The minimum atomic E-state index is -0.307. The molecule has 1 aromatic carbocycles. The molecule has 5 N–H and O–H groups in total. The van der Waals surface area contributed by atoms with E-state index in [0.717, 1.165) is 43.1 Å². The second kappa shape index (κ2) is 12.2. The summed E-state index contributed by atoms with van der Waals surface area (Å²) in [5, 5.41) is 9.68. The van der Waals surface area contributed by atoms with Gasteiger partial charge >= 0.3 is 0 Å². The van der Waals surface area contributed by atoms with Crippen LogP contribution in [0.1, 0.15) is 60.3 Å². The molecule has 6 heteroatoms. The van der Waals surface area contributed by atoms with E-state index < -0.39 is 0 Å². The van der Waals surface area contributed by atoms with Gasteiger partial charge in [0.25, 0.3) is 5.91 Å². The van der Waals surface area contributed by atoms with E-state index >= 15 is 0 Å². The third-order valence-corrected chi connectivity index (χ3v) is 5.55. The molecule has 1 fully saturated rings. The largest absolute Gasteiger partial charge is 0.348 e. The molecule has 0 radical (unpaired) electrons. The zero-order valence-electron chi connectivity index (χ0n) is 18.0. The van der Waals surface area contributed by atoms with E-state index in [0.29, 0.717) is 17.7 Å². The number of hydrogen-bond donors (Lipinski definition) is 4. The smallest absolute Gasteiger partial charge is 0.251 e. The lowest BCUT2D eigenvalue weighted by Gasteiger charge is -2.33. The number of carbonyl (C=O) groups excluding carboxylic acids is 2. The van der Waals surface area contributed by atoms with E-state index in [1.54, 1.807) is 19.2 Å². The fourth-order valence-corrected chi connectivity index (χ4v) is 3.72. The minimum Gasteiger partial charge on any atom is -0.348 e. The van der Waals surface area contributed by atoms with E-state index in [9.17, 15) is 9.59 Å². The number of amides is 1. The van der Waals surface area contributed by atoms with Gasteiger partial charge in [0, 0.05) is 29.8 Å². The molecule has 3 unspecified atom stereocenters. The molecule has 1 amide bonds. The molecule has 30 heavy (non-hydrogen) atoms. The van der Waals surface area contributed by atoms with Crippen molar-refractivity contribution in [2.75, 3.05) is 7.05 Å². The maximum Gasteiger partial charge on any atom is 0.251 e. The lowest BCUT2D eigenvalue weighted by molar-refractivity contribution is -0.118. The molecule has 3 atom stereocenters. The molecule has 0 spiro atoms. The Morgan fingerprint density at radius 3 is 2.67 bits per heavy atom. The first kappa shape index (κ1) is 23.7. The Kier molecular flexibility index (Phi) is 9.67. The Morgan fingerprint density at radius 2 is 2.03 bits per heavy atom. The Balaban J connectivity index is 2.06. The van der Waals surface area contributed by atoms with Crippen molar-refractivity contribution < 1.29 is 9.59 Å². The number of hydrogen-bond acceptors (Lipinski definition) is 5. The monoisotopic (exact) mass is 410 g/mol. The summed E-state index contributed by atoms with van der Waals surface area (Å²) in [5.74, 6) is -0.110. The third-order valence-electron chi connectivity index (χ3n) is 5.55. The summed E-state index contributed by atoms with van der Waals surface area (Å²) < 4.78 is 0. The van der Waals surface area contributed by atoms with Gasteiger partial charge in [0.2, 0.25) is 0 Å². The number of benzene rings is 1. The molecule has 0 aliphatic heterocycles. The van der Waals surface area contributed by atoms with Gasteiger partial charge < -0.3 is 21.7 Å². The SMILES string of the molecule is C=C/C(=C\C=C/C)C(=O)NC1CCCCC1NCc1ccc(C(N)NC)cc1C=O. The highest BCUT2D eigenvalue weighted by Gasteiger charge is 2.26. The number of rotatable bonds is 10. The van der Waals surface area contributed by atoms with Gasteiger partial charge in [0.05, 0.1) is 6.17 Å². The fraction of sp³-hybridized carbons (Fsp3) is 0.417. The highest BCUT2D eigenvalue weighted by molar-refractivity contribution is 5.96. The van der Waals surface area contributed by atoms with E-state index in [1.165, 1.54) is 0 Å². The zero-order valence-corrected chi connectivity index (χ0v) is 18.0. The summed E-state index contributed by atoms with van der Waals surface area (Å²) in [7, 11) is 1.78. The van der Waals surface area contributed by atoms with E-state index in [-0.39, 0.29) is 24.2 Å². The van der Waals surface area contributed by atoms with Crippen LogP contribution in [0.5, 0.6) is 0 Å². The maximum atomic E-state index is 12.6. The van der Waals surface area contributed by atoms with Crippen LogP contribution in [0.25, 0.3) is 0 Å². The molecule has 0 saturated heterocycles. The molecule has 1 aliphatic rings. The maximum absolute atomic E-state index is 12.6. The van der Waals surface area contributed by atoms with Gasteiger partial charge in [-0.05, 0) is 50.1 Å². The van der Waals surface area contributed by atoms with Crippen LogP contribution in [0.2, 0.25) is 0 Å². The first-order valence-corrected chi connectivity index (χ1v) is 10.5. The molecular weight excluding hydrogens is 376 g/mol. The lowest BCUT2D eigenvalue weighted by atomic mass is 9.89. The standard InChI is InChI=1S/C24H34N4O2/c1-4-6-9-17(5-2)24(30)28-22-11-8-7-10-21(22)27-15-19-13-12-18(23(25)26-3)14-20(19)16-29/h4-6,9,12-14,16,21-23,26-27H,2,7-8,10-11,15,25H2,1,3H3,(H,28,30)/b6-4-,17-9+. The lowest BCUT2D eigenvalue weighted by Crippen LogP contribution is -2.51. The van der Waals surface area contributed by atoms with Crippen LogP contribution in [0.4, 0.5) is 0 Å². The topological polar surface area (TPSA) is 96.2 Å². The average Bonchev–Trinajstić information content (AvgIpc) is 2.78.